The number of hydrogen-bond acceptors (Lipinski definition) is 3. The van der Waals surface area contributed by atoms with Crippen molar-refractivity contribution in [2.75, 3.05) is 6.61 Å². The second-order valence-electron chi connectivity index (χ2n) is 2.88. The quantitative estimate of drug-likeness (QED) is 0.782. The number of hydrogen-bond donors (Lipinski definition) is 1. The molecule has 1 N–H and O–H groups in total. The van der Waals surface area contributed by atoms with E-state index in [0.717, 1.165) is 0 Å². The summed E-state index contributed by atoms with van der Waals surface area (Å²) in [4.78, 5) is 0. The van der Waals surface area contributed by atoms with Crippen molar-refractivity contribution in [3.63, 3.8) is 0 Å². The molecule has 1 saturated carbocycles. The summed E-state index contributed by atoms with van der Waals surface area (Å²) in [5.74, 6) is 0. The van der Waals surface area contributed by atoms with Gasteiger partial charge in [-0.15, -0.1) is 23.1 Å². The van der Waals surface area contributed by atoms with Gasteiger partial charge in [0, 0.05) is 4.75 Å². The summed E-state index contributed by atoms with van der Waals surface area (Å²) in [6.45, 7) is 0.329. The minimum atomic E-state index is 0.199. The maximum atomic E-state index is 9.04. The fourth-order valence-electron chi connectivity index (χ4n) is 0.967. The van der Waals surface area contributed by atoms with Crippen LogP contribution in [0.1, 0.15) is 12.8 Å². The van der Waals surface area contributed by atoms with Crippen molar-refractivity contribution in [2.24, 2.45) is 0 Å². The van der Waals surface area contributed by atoms with Gasteiger partial charge in [-0.05, 0) is 24.3 Å². The van der Waals surface area contributed by atoms with Crippen molar-refractivity contribution < 1.29 is 5.11 Å². The molecule has 1 aliphatic carbocycles. The predicted octanol–water partition coefficient (Wildman–Crippen LogP) is 2.37. The Hall–Kier alpha value is 0.01000. The van der Waals surface area contributed by atoms with Gasteiger partial charge in [-0.1, -0.05) is 6.07 Å². The zero-order valence-electron chi connectivity index (χ0n) is 6.12. The summed E-state index contributed by atoms with van der Waals surface area (Å²) in [7, 11) is 0. The Morgan fingerprint density at radius 2 is 2.45 bits per heavy atom. The minimum absolute atomic E-state index is 0.199. The Bertz CT molecular complexity index is 226. The standard InChI is InChI=1S/C8H10OS2/c9-6-8(3-4-8)11-7-2-1-5-10-7/h1-2,5,9H,3-4,6H2. The second-order valence-corrected chi connectivity index (χ2v) is 5.59. The van der Waals surface area contributed by atoms with Crippen LogP contribution in [0.15, 0.2) is 21.7 Å². The average molecular weight is 186 g/mol. The summed E-state index contributed by atoms with van der Waals surface area (Å²) < 4.78 is 1.53. The van der Waals surface area contributed by atoms with Gasteiger partial charge in [0.2, 0.25) is 0 Å². The van der Waals surface area contributed by atoms with Gasteiger partial charge in [-0.3, -0.25) is 0 Å². The zero-order chi connectivity index (χ0) is 7.73. The lowest BCUT2D eigenvalue weighted by atomic mass is 10.5. The number of aliphatic hydroxyl groups excluding tert-OH is 1. The Balaban J connectivity index is 2.01. The third kappa shape index (κ3) is 1.60. The van der Waals surface area contributed by atoms with E-state index >= 15 is 0 Å². The Morgan fingerprint density at radius 1 is 1.64 bits per heavy atom. The van der Waals surface area contributed by atoms with Crippen molar-refractivity contribution in [3.05, 3.63) is 17.5 Å². The van der Waals surface area contributed by atoms with E-state index in [-0.39, 0.29) is 4.75 Å². The van der Waals surface area contributed by atoms with E-state index in [1.54, 1.807) is 11.3 Å². The number of aliphatic hydroxyl groups is 1. The predicted molar refractivity (Wildman–Crippen MR) is 49.2 cm³/mol. The SMILES string of the molecule is OCC1(Sc2cccs2)CC1. The molecule has 1 aromatic rings. The number of rotatable bonds is 3. The molecule has 0 radical (unpaired) electrons. The molecule has 0 aromatic carbocycles. The summed E-state index contributed by atoms with van der Waals surface area (Å²) in [5.41, 5.74) is 0. The smallest absolute Gasteiger partial charge is 0.0604 e. The van der Waals surface area contributed by atoms with E-state index in [2.05, 4.69) is 17.5 Å². The van der Waals surface area contributed by atoms with Gasteiger partial charge in [0.1, 0.15) is 0 Å². The van der Waals surface area contributed by atoms with E-state index < -0.39 is 0 Å². The highest BCUT2D eigenvalue weighted by Crippen LogP contribution is 2.52. The fourth-order valence-corrected chi connectivity index (χ4v) is 3.25. The van der Waals surface area contributed by atoms with Gasteiger partial charge in [0.25, 0.3) is 0 Å². The Kier molecular flexibility index (Phi) is 1.95. The summed E-state index contributed by atoms with van der Waals surface area (Å²) in [5, 5.41) is 11.1. The van der Waals surface area contributed by atoms with Crippen LogP contribution in [0.4, 0.5) is 0 Å². The molecule has 1 fully saturated rings. The van der Waals surface area contributed by atoms with E-state index in [9.17, 15) is 0 Å². The molecule has 11 heavy (non-hydrogen) atoms. The second kappa shape index (κ2) is 2.81. The number of thioether (sulfide) groups is 1. The first-order valence-electron chi connectivity index (χ1n) is 3.68. The highest BCUT2D eigenvalue weighted by molar-refractivity contribution is 8.02. The maximum absolute atomic E-state index is 9.04. The lowest BCUT2D eigenvalue weighted by Crippen LogP contribution is -2.07. The molecule has 0 atom stereocenters. The largest absolute Gasteiger partial charge is 0.395 e. The van der Waals surface area contributed by atoms with Gasteiger partial charge in [-0.2, -0.15) is 0 Å². The Labute approximate surface area is 74.4 Å². The van der Waals surface area contributed by atoms with Crippen LogP contribution < -0.4 is 0 Å². The van der Waals surface area contributed by atoms with Crippen molar-refractivity contribution in [3.8, 4) is 0 Å². The summed E-state index contributed by atoms with van der Waals surface area (Å²) in [6.07, 6.45) is 2.35. The third-order valence-electron chi connectivity index (χ3n) is 1.91. The van der Waals surface area contributed by atoms with Crippen LogP contribution in [-0.4, -0.2) is 16.5 Å². The summed E-state index contributed by atoms with van der Waals surface area (Å²) >= 11 is 3.59. The van der Waals surface area contributed by atoms with E-state index in [1.165, 1.54) is 17.1 Å². The molecular formula is C8H10OS2. The Morgan fingerprint density at radius 3 is 2.91 bits per heavy atom. The topological polar surface area (TPSA) is 20.2 Å². The maximum Gasteiger partial charge on any atom is 0.0604 e. The van der Waals surface area contributed by atoms with Crippen molar-refractivity contribution in [1.29, 1.82) is 0 Å². The highest BCUT2D eigenvalue weighted by atomic mass is 32.2. The number of thiophene rings is 1. The van der Waals surface area contributed by atoms with Gasteiger partial charge in [0.15, 0.2) is 0 Å². The lowest BCUT2D eigenvalue weighted by molar-refractivity contribution is 0.289. The molecule has 60 valence electrons. The van der Waals surface area contributed by atoms with Gasteiger partial charge in [0.05, 0.1) is 10.8 Å². The normalized spacial score (nSPS) is 20.1. The van der Waals surface area contributed by atoms with E-state index in [1.807, 2.05) is 11.8 Å². The third-order valence-corrected chi connectivity index (χ3v) is 4.42. The first kappa shape index (κ1) is 7.65. The minimum Gasteiger partial charge on any atom is -0.395 e. The molecule has 0 saturated heterocycles. The average Bonchev–Trinajstić information content (AvgIpc) is 2.59. The van der Waals surface area contributed by atoms with Crippen LogP contribution in [-0.2, 0) is 0 Å². The molecule has 1 nitrogen and oxygen atoms in total. The zero-order valence-corrected chi connectivity index (χ0v) is 7.75. The van der Waals surface area contributed by atoms with Crippen molar-refractivity contribution >= 4 is 23.1 Å². The van der Waals surface area contributed by atoms with Gasteiger partial charge in [-0.25, -0.2) is 0 Å². The van der Waals surface area contributed by atoms with E-state index in [0.29, 0.717) is 6.61 Å². The van der Waals surface area contributed by atoms with Crippen molar-refractivity contribution in [1.82, 2.24) is 0 Å². The van der Waals surface area contributed by atoms with Crippen LogP contribution in [0.2, 0.25) is 0 Å². The van der Waals surface area contributed by atoms with Crippen LogP contribution >= 0.6 is 23.1 Å². The van der Waals surface area contributed by atoms with Crippen molar-refractivity contribution in [2.45, 2.75) is 21.8 Å². The van der Waals surface area contributed by atoms with Crippen LogP contribution in [0.3, 0.4) is 0 Å². The highest BCUT2D eigenvalue weighted by Gasteiger charge is 2.43. The summed E-state index contributed by atoms with van der Waals surface area (Å²) in [6, 6.07) is 4.17. The van der Waals surface area contributed by atoms with Crippen LogP contribution in [0.5, 0.6) is 0 Å². The molecule has 0 bridgehead atoms. The molecule has 1 aromatic heterocycles. The van der Waals surface area contributed by atoms with Crippen LogP contribution in [0.25, 0.3) is 0 Å². The monoisotopic (exact) mass is 186 g/mol. The molecule has 1 heterocycles. The lowest BCUT2D eigenvalue weighted by Gasteiger charge is -2.07. The molecular weight excluding hydrogens is 176 g/mol. The molecule has 0 amide bonds. The van der Waals surface area contributed by atoms with Gasteiger partial charge < -0.3 is 5.11 Å². The molecule has 1 aliphatic rings. The molecule has 0 spiro atoms. The first-order chi connectivity index (χ1) is 5.35. The first-order valence-corrected chi connectivity index (χ1v) is 5.38. The molecule has 2 rings (SSSR count). The fraction of sp³-hybridized carbons (Fsp3) is 0.500. The van der Waals surface area contributed by atoms with E-state index in [4.69, 9.17) is 5.11 Å². The van der Waals surface area contributed by atoms with Gasteiger partial charge >= 0.3 is 0 Å². The molecule has 0 unspecified atom stereocenters. The molecule has 3 heteroatoms. The molecule has 0 aliphatic heterocycles. The van der Waals surface area contributed by atoms with Crippen LogP contribution in [0, 0.1) is 0 Å².